The summed E-state index contributed by atoms with van der Waals surface area (Å²) in [6, 6.07) is 7.42. The molecule has 2 aliphatic rings. The highest BCUT2D eigenvalue weighted by Gasteiger charge is 2.36. The van der Waals surface area contributed by atoms with Crippen LogP contribution in [0.25, 0.3) is 0 Å². The number of aromatic nitrogens is 2. The number of hydrogen-bond donors (Lipinski definition) is 1. The van der Waals surface area contributed by atoms with Gasteiger partial charge in [-0.05, 0) is 44.2 Å². The quantitative estimate of drug-likeness (QED) is 0.744. The van der Waals surface area contributed by atoms with Gasteiger partial charge in [0.1, 0.15) is 5.75 Å². The summed E-state index contributed by atoms with van der Waals surface area (Å²) >= 11 is 0. The molecule has 2 amide bonds. The molecule has 2 aromatic rings. The zero-order valence-corrected chi connectivity index (χ0v) is 19.9. The van der Waals surface area contributed by atoms with Crippen LogP contribution < -0.4 is 10.1 Å². The normalized spacial score (nSPS) is 19.5. The van der Waals surface area contributed by atoms with Crippen LogP contribution in [0, 0.1) is 5.41 Å². The molecule has 8 heteroatoms. The molecule has 0 aliphatic carbocycles. The summed E-state index contributed by atoms with van der Waals surface area (Å²) in [5, 5.41) is 2.91. The van der Waals surface area contributed by atoms with Crippen LogP contribution in [0.3, 0.4) is 0 Å². The predicted octanol–water partition coefficient (Wildman–Crippen LogP) is 3.28. The number of amides is 2. The fourth-order valence-electron chi connectivity index (χ4n) is 4.84. The number of ether oxygens (including phenoxy) is 2. The van der Waals surface area contributed by atoms with Crippen LogP contribution in [-0.2, 0) is 16.1 Å². The molecule has 8 nitrogen and oxygen atoms in total. The number of rotatable bonds is 4. The second-order valence-corrected chi connectivity index (χ2v) is 9.40. The first-order valence-electron chi connectivity index (χ1n) is 12.5. The highest BCUT2D eigenvalue weighted by Crippen LogP contribution is 2.38. The maximum atomic E-state index is 12.8. The van der Waals surface area contributed by atoms with Crippen LogP contribution in [0.2, 0.25) is 0 Å². The van der Waals surface area contributed by atoms with Gasteiger partial charge in [0.15, 0.2) is 0 Å². The van der Waals surface area contributed by atoms with Gasteiger partial charge in [-0.25, -0.2) is 4.98 Å². The van der Waals surface area contributed by atoms with E-state index in [9.17, 15) is 9.59 Å². The van der Waals surface area contributed by atoms with Crippen molar-refractivity contribution in [3.63, 3.8) is 0 Å². The first-order valence-corrected chi connectivity index (χ1v) is 12.5. The monoisotopic (exact) mass is 468 g/mol. The third-order valence-electron chi connectivity index (χ3n) is 6.99. The molecule has 1 spiro atoms. The van der Waals surface area contributed by atoms with Gasteiger partial charge in [-0.15, -0.1) is 0 Å². The molecule has 0 bridgehead atoms. The largest absolute Gasteiger partial charge is 0.492 e. The van der Waals surface area contributed by atoms with Crippen molar-refractivity contribution >= 4 is 11.8 Å². The van der Waals surface area contributed by atoms with E-state index in [1.807, 2.05) is 33.9 Å². The van der Waals surface area contributed by atoms with E-state index in [1.54, 1.807) is 18.6 Å². The standard InChI is InChI=1S/C26H36N4O4/c31-24(8-5-14-29-17-12-27-21-29)30-15-10-26(11-16-30)9-3-4-18-33-19-13-28-25(32)22-6-1-2-7-23(22)34-20-26/h1-2,6-7,12,17,21H,3-5,8-11,13-16,18-20H2,(H,28,32). The summed E-state index contributed by atoms with van der Waals surface area (Å²) in [4.78, 5) is 31.5. The molecule has 0 atom stereocenters. The summed E-state index contributed by atoms with van der Waals surface area (Å²) in [5.74, 6) is 0.712. The van der Waals surface area contributed by atoms with Gasteiger partial charge in [-0.1, -0.05) is 18.6 Å². The van der Waals surface area contributed by atoms with Crippen LogP contribution in [-0.4, -0.2) is 65.7 Å². The predicted molar refractivity (Wildman–Crippen MR) is 129 cm³/mol. The smallest absolute Gasteiger partial charge is 0.255 e. The van der Waals surface area contributed by atoms with Crippen LogP contribution in [0.1, 0.15) is 55.3 Å². The Morgan fingerprint density at radius 1 is 1.12 bits per heavy atom. The highest BCUT2D eigenvalue weighted by atomic mass is 16.5. The Hall–Kier alpha value is -2.87. The van der Waals surface area contributed by atoms with Crippen LogP contribution >= 0.6 is 0 Å². The minimum atomic E-state index is -0.138. The summed E-state index contributed by atoms with van der Waals surface area (Å²) in [7, 11) is 0. The Morgan fingerprint density at radius 3 is 2.79 bits per heavy atom. The number of para-hydroxylation sites is 1. The average molecular weight is 469 g/mol. The van der Waals surface area contributed by atoms with E-state index in [0.717, 1.165) is 58.2 Å². The lowest BCUT2D eigenvalue weighted by Gasteiger charge is -2.42. The van der Waals surface area contributed by atoms with Gasteiger partial charge in [0, 0.05) is 57.0 Å². The van der Waals surface area contributed by atoms with Gasteiger partial charge in [0.05, 0.1) is 25.1 Å². The van der Waals surface area contributed by atoms with Gasteiger partial charge in [0.25, 0.3) is 5.91 Å². The number of nitrogens with one attached hydrogen (secondary N) is 1. The molecule has 0 radical (unpaired) electrons. The molecule has 2 aliphatic heterocycles. The molecule has 1 N–H and O–H groups in total. The van der Waals surface area contributed by atoms with Crippen molar-refractivity contribution in [3.05, 3.63) is 48.5 Å². The zero-order chi connectivity index (χ0) is 23.6. The molecule has 1 saturated heterocycles. The van der Waals surface area contributed by atoms with E-state index in [0.29, 0.717) is 44.1 Å². The lowest BCUT2D eigenvalue weighted by Crippen LogP contribution is -2.45. The number of piperidine rings is 1. The first kappa shape index (κ1) is 24.3. The number of imidazole rings is 1. The van der Waals surface area contributed by atoms with E-state index in [-0.39, 0.29) is 17.2 Å². The Bertz CT molecular complexity index is 923. The van der Waals surface area contributed by atoms with E-state index in [1.165, 1.54) is 0 Å². The lowest BCUT2D eigenvalue weighted by molar-refractivity contribution is -0.134. The van der Waals surface area contributed by atoms with E-state index < -0.39 is 0 Å². The topological polar surface area (TPSA) is 85.7 Å². The second-order valence-electron chi connectivity index (χ2n) is 9.40. The molecule has 0 unspecified atom stereocenters. The molecular weight excluding hydrogens is 432 g/mol. The summed E-state index contributed by atoms with van der Waals surface area (Å²) in [6.07, 6.45) is 11.8. The highest BCUT2D eigenvalue weighted by molar-refractivity contribution is 5.96. The number of aryl methyl sites for hydroxylation is 1. The van der Waals surface area contributed by atoms with Crippen LogP contribution in [0.4, 0.5) is 0 Å². The van der Waals surface area contributed by atoms with Crippen molar-refractivity contribution < 1.29 is 19.1 Å². The first-order chi connectivity index (χ1) is 16.7. The second kappa shape index (κ2) is 12.0. The molecule has 1 aromatic heterocycles. The third-order valence-corrected chi connectivity index (χ3v) is 6.99. The van der Waals surface area contributed by atoms with Gasteiger partial charge in [-0.2, -0.15) is 0 Å². The number of nitrogens with zero attached hydrogens (tertiary/aromatic N) is 3. The summed E-state index contributed by atoms with van der Waals surface area (Å²) in [5.41, 5.74) is 0.557. The fraction of sp³-hybridized carbons (Fsp3) is 0.577. The number of carbonyl (C=O) groups is 2. The van der Waals surface area contributed by atoms with Crippen molar-refractivity contribution in [1.82, 2.24) is 19.8 Å². The molecule has 1 aromatic carbocycles. The molecular formula is C26H36N4O4. The number of benzene rings is 1. The minimum absolute atomic E-state index is 0.00128. The van der Waals surface area contributed by atoms with E-state index in [2.05, 4.69) is 10.3 Å². The number of hydrogen-bond acceptors (Lipinski definition) is 5. The van der Waals surface area contributed by atoms with Gasteiger partial charge >= 0.3 is 0 Å². The Labute approximate surface area is 201 Å². The maximum absolute atomic E-state index is 12.8. The maximum Gasteiger partial charge on any atom is 0.255 e. The van der Waals surface area contributed by atoms with Crippen molar-refractivity contribution in [2.75, 3.05) is 39.5 Å². The molecule has 3 heterocycles. The number of fused-ring (bicyclic) bond motifs is 1. The molecule has 1 fully saturated rings. The van der Waals surface area contributed by atoms with Gasteiger partial charge in [0.2, 0.25) is 5.91 Å². The third kappa shape index (κ3) is 6.59. The van der Waals surface area contributed by atoms with Crippen molar-refractivity contribution in [3.8, 4) is 5.75 Å². The fourth-order valence-corrected chi connectivity index (χ4v) is 4.84. The summed E-state index contributed by atoms with van der Waals surface area (Å²) in [6.45, 7) is 4.58. The Balaban J connectivity index is 1.36. The van der Waals surface area contributed by atoms with Crippen molar-refractivity contribution in [1.29, 1.82) is 0 Å². The zero-order valence-electron chi connectivity index (χ0n) is 19.9. The summed E-state index contributed by atoms with van der Waals surface area (Å²) < 4.78 is 14.0. The molecule has 4 rings (SSSR count). The van der Waals surface area contributed by atoms with Gasteiger partial charge < -0.3 is 24.3 Å². The number of carbonyl (C=O) groups excluding carboxylic acids is 2. The van der Waals surface area contributed by atoms with E-state index >= 15 is 0 Å². The Kier molecular flexibility index (Phi) is 8.57. The molecule has 34 heavy (non-hydrogen) atoms. The van der Waals surface area contributed by atoms with Crippen molar-refractivity contribution in [2.45, 2.75) is 51.5 Å². The molecule has 184 valence electrons. The Morgan fingerprint density at radius 2 is 1.97 bits per heavy atom. The average Bonchev–Trinajstić information content (AvgIpc) is 3.38. The number of likely N-dealkylation sites (tertiary alicyclic amines) is 1. The molecule has 0 saturated carbocycles. The van der Waals surface area contributed by atoms with Gasteiger partial charge in [-0.3, -0.25) is 9.59 Å². The van der Waals surface area contributed by atoms with Crippen LogP contribution in [0.15, 0.2) is 43.0 Å². The minimum Gasteiger partial charge on any atom is -0.492 e. The lowest BCUT2D eigenvalue weighted by atomic mass is 9.75. The SMILES string of the molecule is O=C1NCCOCCCCC2(CCN(C(=O)CCCn3ccnc3)CC2)COc2ccccc21. The van der Waals surface area contributed by atoms with E-state index in [4.69, 9.17) is 9.47 Å². The van der Waals surface area contributed by atoms with Crippen LogP contribution in [0.5, 0.6) is 5.75 Å². The van der Waals surface area contributed by atoms with Crippen molar-refractivity contribution in [2.24, 2.45) is 5.41 Å².